The summed E-state index contributed by atoms with van der Waals surface area (Å²) in [6.45, 7) is 5.84. The quantitative estimate of drug-likeness (QED) is 0.614. The molecule has 7 nitrogen and oxygen atoms in total. The summed E-state index contributed by atoms with van der Waals surface area (Å²) in [6, 6.07) is 13.8. The van der Waals surface area contributed by atoms with Crippen molar-refractivity contribution in [2.75, 3.05) is 11.9 Å². The van der Waals surface area contributed by atoms with Gasteiger partial charge in [0.1, 0.15) is 5.60 Å². The molecule has 0 heterocycles. The number of anilines is 1. The van der Waals surface area contributed by atoms with Crippen molar-refractivity contribution in [3.63, 3.8) is 0 Å². The molecule has 0 saturated heterocycles. The van der Waals surface area contributed by atoms with E-state index in [1.807, 2.05) is 12.1 Å². The molecule has 0 aliphatic carbocycles. The number of nitrogens with one attached hydrogen (secondary N) is 3. The number of halogens is 1. The molecule has 160 valence electrons. The minimum absolute atomic E-state index is 0.123. The molecule has 0 unspecified atom stereocenters. The van der Waals surface area contributed by atoms with Crippen molar-refractivity contribution >= 4 is 35.2 Å². The van der Waals surface area contributed by atoms with Gasteiger partial charge in [-0.1, -0.05) is 23.7 Å². The van der Waals surface area contributed by atoms with Crippen molar-refractivity contribution in [3.8, 4) is 0 Å². The molecule has 0 saturated carbocycles. The van der Waals surface area contributed by atoms with Gasteiger partial charge in [0.15, 0.2) is 0 Å². The topological polar surface area (TPSA) is 96.5 Å². The lowest BCUT2D eigenvalue weighted by atomic mass is 10.2. The Morgan fingerprint density at radius 1 is 0.933 bits per heavy atom. The number of hydrogen-bond donors (Lipinski definition) is 3. The standard InChI is InChI=1S/C22H26ClN3O4/c1-22(2,3)30-21(29)24-13-12-19(27)26-18-10-4-15(5-11-18)14-25-20(28)16-6-8-17(23)9-7-16/h4-11H,12-14H2,1-3H3,(H,24,29)(H,25,28)(H,26,27). The van der Waals surface area contributed by atoms with Gasteiger partial charge in [0.05, 0.1) is 0 Å². The van der Waals surface area contributed by atoms with Gasteiger partial charge in [-0.15, -0.1) is 0 Å². The first-order valence-electron chi connectivity index (χ1n) is 9.52. The largest absolute Gasteiger partial charge is 0.444 e. The van der Waals surface area contributed by atoms with Gasteiger partial charge in [-0.05, 0) is 62.7 Å². The molecule has 0 aromatic heterocycles. The fourth-order valence-electron chi connectivity index (χ4n) is 2.41. The van der Waals surface area contributed by atoms with Gasteiger partial charge >= 0.3 is 6.09 Å². The van der Waals surface area contributed by atoms with E-state index in [4.69, 9.17) is 16.3 Å². The van der Waals surface area contributed by atoms with E-state index in [0.717, 1.165) is 5.56 Å². The van der Waals surface area contributed by atoms with Gasteiger partial charge in [0.2, 0.25) is 5.91 Å². The van der Waals surface area contributed by atoms with E-state index in [9.17, 15) is 14.4 Å². The molecular formula is C22H26ClN3O4. The van der Waals surface area contributed by atoms with Crippen LogP contribution < -0.4 is 16.0 Å². The van der Waals surface area contributed by atoms with Crippen LogP contribution in [0.25, 0.3) is 0 Å². The van der Waals surface area contributed by atoms with E-state index in [1.54, 1.807) is 57.2 Å². The van der Waals surface area contributed by atoms with Gasteiger partial charge in [-0.2, -0.15) is 0 Å². The molecule has 0 aliphatic heterocycles. The lowest BCUT2D eigenvalue weighted by Crippen LogP contribution is -2.34. The molecule has 30 heavy (non-hydrogen) atoms. The number of carbonyl (C=O) groups is 3. The van der Waals surface area contributed by atoms with Crippen LogP contribution in [0.15, 0.2) is 48.5 Å². The second-order valence-electron chi connectivity index (χ2n) is 7.61. The summed E-state index contributed by atoms with van der Waals surface area (Å²) in [5.41, 5.74) is 1.47. The maximum absolute atomic E-state index is 12.1. The average molecular weight is 432 g/mol. The Kier molecular flexibility index (Phi) is 8.24. The third-order valence-corrected chi connectivity index (χ3v) is 4.07. The Morgan fingerprint density at radius 3 is 2.17 bits per heavy atom. The Balaban J connectivity index is 1.73. The van der Waals surface area contributed by atoms with E-state index in [0.29, 0.717) is 22.8 Å². The van der Waals surface area contributed by atoms with E-state index in [-0.39, 0.29) is 24.8 Å². The molecule has 0 fully saturated rings. The predicted octanol–water partition coefficient (Wildman–Crippen LogP) is 4.12. The fourth-order valence-corrected chi connectivity index (χ4v) is 2.53. The van der Waals surface area contributed by atoms with Gasteiger partial charge in [0.25, 0.3) is 5.91 Å². The number of carbonyl (C=O) groups excluding carboxylic acids is 3. The van der Waals surface area contributed by atoms with Crippen LogP contribution in [0.1, 0.15) is 43.1 Å². The monoisotopic (exact) mass is 431 g/mol. The number of hydrogen-bond acceptors (Lipinski definition) is 4. The first-order valence-corrected chi connectivity index (χ1v) is 9.89. The zero-order valence-electron chi connectivity index (χ0n) is 17.3. The zero-order valence-corrected chi connectivity index (χ0v) is 18.0. The van der Waals surface area contributed by atoms with Crippen LogP contribution in [0.2, 0.25) is 5.02 Å². The number of benzene rings is 2. The fraction of sp³-hybridized carbons (Fsp3) is 0.318. The molecule has 2 aromatic rings. The molecule has 2 rings (SSSR count). The SMILES string of the molecule is CC(C)(C)OC(=O)NCCC(=O)Nc1ccc(CNC(=O)c2ccc(Cl)cc2)cc1. The summed E-state index contributed by atoms with van der Waals surface area (Å²) in [7, 11) is 0. The molecule has 0 atom stereocenters. The normalized spacial score (nSPS) is 10.8. The van der Waals surface area contributed by atoms with Crippen LogP contribution in [0.4, 0.5) is 10.5 Å². The van der Waals surface area contributed by atoms with E-state index in [1.165, 1.54) is 0 Å². The number of alkyl carbamates (subject to hydrolysis) is 1. The zero-order chi connectivity index (χ0) is 22.1. The predicted molar refractivity (Wildman–Crippen MR) is 117 cm³/mol. The Bertz CT molecular complexity index is 875. The van der Waals surface area contributed by atoms with Crippen LogP contribution in [0.5, 0.6) is 0 Å². The molecule has 8 heteroatoms. The second kappa shape index (κ2) is 10.6. The third kappa shape index (κ3) is 8.53. The second-order valence-corrected chi connectivity index (χ2v) is 8.05. The van der Waals surface area contributed by atoms with Gasteiger partial charge < -0.3 is 20.7 Å². The van der Waals surface area contributed by atoms with Crippen molar-refractivity contribution in [2.24, 2.45) is 0 Å². The summed E-state index contributed by atoms with van der Waals surface area (Å²) in [6.07, 6.45) is -0.432. The van der Waals surface area contributed by atoms with E-state index < -0.39 is 11.7 Å². The van der Waals surface area contributed by atoms with Crippen molar-refractivity contribution in [2.45, 2.75) is 39.3 Å². The molecule has 3 N–H and O–H groups in total. The van der Waals surface area contributed by atoms with Crippen LogP contribution in [0.3, 0.4) is 0 Å². The molecule has 0 bridgehead atoms. The molecule has 3 amide bonds. The van der Waals surface area contributed by atoms with Gasteiger partial charge in [0, 0.05) is 35.8 Å². The highest BCUT2D eigenvalue weighted by Gasteiger charge is 2.15. The lowest BCUT2D eigenvalue weighted by molar-refractivity contribution is -0.116. The number of amides is 3. The van der Waals surface area contributed by atoms with Crippen molar-refractivity contribution in [3.05, 3.63) is 64.7 Å². The van der Waals surface area contributed by atoms with Crippen LogP contribution >= 0.6 is 11.6 Å². The highest BCUT2D eigenvalue weighted by atomic mass is 35.5. The van der Waals surface area contributed by atoms with Crippen LogP contribution in [-0.4, -0.2) is 30.1 Å². The van der Waals surface area contributed by atoms with Crippen molar-refractivity contribution < 1.29 is 19.1 Å². The number of ether oxygens (including phenoxy) is 1. The highest BCUT2D eigenvalue weighted by molar-refractivity contribution is 6.30. The third-order valence-electron chi connectivity index (χ3n) is 3.82. The maximum Gasteiger partial charge on any atom is 0.407 e. The summed E-state index contributed by atoms with van der Waals surface area (Å²) in [4.78, 5) is 35.7. The van der Waals surface area contributed by atoms with Crippen molar-refractivity contribution in [1.29, 1.82) is 0 Å². The Labute approximate surface area is 181 Å². The highest BCUT2D eigenvalue weighted by Crippen LogP contribution is 2.12. The first kappa shape index (κ1) is 23.2. The molecule has 0 aliphatic rings. The summed E-state index contributed by atoms with van der Waals surface area (Å²) >= 11 is 5.82. The van der Waals surface area contributed by atoms with E-state index >= 15 is 0 Å². The minimum atomic E-state index is -0.581. The molecule has 0 radical (unpaired) electrons. The van der Waals surface area contributed by atoms with E-state index in [2.05, 4.69) is 16.0 Å². The first-order chi connectivity index (χ1) is 14.1. The average Bonchev–Trinajstić information content (AvgIpc) is 2.66. The van der Waals surface area contributed by atoms with Gasteiger partial charge in [-0.25, -0.2) is 4.79 Å². The molecular weight excluding hydrogens is 406 g/mol. The van der Waals surface area contributed by atoms with Crippen LogP contribution in [0, 0.1) is 0 Å². The molecule has 0 spiro atoms. The maximum atomic E-state index is 12.1. The summed E-state index contributed by atoms with van der Waals surface area (Å²) < 4.78 is 5.11. The van der Waals surface area contributed by atoms with Crippen molar-refractivity contribution in [1.82, 2.24) is 10.6 Å². The van der Waals surface area contributed by atoms with Gasteiger partial charge in [-0.3, -0.25) is 9.59 Å². The smallest absolute Gasteiger partial charge is 0.407 e. The summed E-state index contributed by atoms with van der Waals surface area (Å²) in [5, 5.41) is 8.70. The minimum Gasteiger partial charge on any atom is -0.444 e. The molecule has 2 aromatic carbocycles. The lowest BCUT2D eigenvalue weighted by Gasteiger charge is -2.19. The van der Waals surface area contributed by atoms with Crippen LogP contribution in [-0.2, 0) is 16.1 Å². The Hall–Kier alpha value is -3.06. The number of rotatable bonds is 7. The summed E-state index contributed by atoms with van der Waals surface area (Å²) in [5.74, 6) is -0.420. The Morgan fingerprint density at radius 2 is 1.57 bits per heavy atom.